The van der Waals surface area contributed by atoms with Gasteiger partial charge in [-0.25, -0.2) is 0 Å². The zero-order valence-electron chi connectivity index (χ0n) is 8.29. The molecule has 0 N–H and O–H groups in total. The first kappa shape index (κ1) is 11.4. The molecule has 0 heterocycles. The Bertz CT molecular complexity index is 318. The predicted octanol–water partition coefficient (Wildman–Crippen LogP) is 2.90. The van der Waals surface area contributed by atoms with Crippen LogP contribution in [0.2, 0.25) is 0 Å². The van der Waals surface area contributed by atoms with Crippen LogP contribution < -0.4 is 0 Å². The number of ketones is 1. The fraction of sp³-hybridized carbons (Fsp3) is 0.250. The van der Waals surface area contributed by atoms with Gasteiger partial charge in [-0.3, -0.25) is 4.79 Å². The summed E-state index contributed by atoms with van der Waals surface area (Å²) in [6.45, 7) is 5.51. The van der Waals surface area contributed by atoms with E-state index in [-0.39, 0.29) is 5.78 Å². The lowest BCUT2D eigenvalue weighted by Gasteiger charge is -1.97. The molecule has 0 fully saturated rings. The van der Waals surface area contributed by atoms with E-state index in [4.69, 9.17) is 6.42 Å². The van der Waals surface area contributed by atoms with Gasteiger partial charge in [0.1, 0.15) is 0 Å². The van der Waals surface area contributed by atoms with Gasteiger partial charge in [0.2, 0.25) is 0 Å². The van der Waals surface area contributed by atoms with E-state index in [1.54, 1.807) is 18.2 Å². The van der Waals surface area contributed by atoms with Gasteiger partial charge >= 0.3 is 0 Å². The number of Topliss-reactive ketones (excluding diaryl/α,β-unsaturated/α-hetero) is 1. The maximum Gasteiger partial charge on any atom is 0.161 e. The van der Waals surface area contributed by atoms with Crippen molar-refractivity contribution in [3.63, 3.8) is 0 Å². The molecule has 1 aromatic carbocycles. The summed E-state index contributed by atoms with van der Waals surface area (Å²) < 4.78 is 0. The summed E-state index contributed by atoms with van der Waals surface area (Å²) in [5, 5.41) is 0. The largest absolute Gasteiger partial charge is 0.294 e. The molecular formula is C12H14O. The van der Waals surface area contributed by atoms with Crippen LogP contribution in [-0.4, -0.2) is 5.78 Å². The first-order valence-electron chi connectivity index (χ1n) is 4.32. The molecule has 0 radical (unpaired) electrons. The molecule has 0 amide bonds. The average molecular weight is 174 g/mol. The Kier molecular flexibility index (Phi) is 5.30. The van der Waals surface area contributed by atoms with Crippen molar-refractivity contribution in [2.75, 3.05) is 0 Å². The van der Waals surface area contributed by atoms with Crippen LogP contribution in [0.5, 0.6) is 0 Å². The Morgan fingerprint density at radius 2 is 1.85 bits per heavy atom. The smallest absolute Gasteiger partial charge is 0.161 e. The van der Waals surface area contributed by atoms with Gasteiger partial charge in [-0.15, -0.1) is 6.42 Å². The Morgan fingerprint density at radius 3 is 2.23 bits per heavy atom. The minimum absolute atomic E-state index is 0.0125. The molecule has 0 bridgehead atoms. The third-order valence-corrected chi connectivity index (χ3v) is 1.46. The maximum atomic E-state index is 10.9. The number of carbonyl (C=O) groups is 1. The topological polar surface area (TPSA) is 17.1 Å². The third kappa shape index (κ3) is 3.13. The SMILES string of the molecule is C#Cc1ccccc1C(C)=O.CC. The predicted molar refractivity (Wildman–Crippen MR) is 55.7 cm³/mol. The fourth-order valence-electron chi connectivity index (χ4n) is 0.916. The highest BCUT2D eigenvalue weighted by atomic mass is 16.1. The Hall–Kier alpha value is -1.55. The minimum Gasteiger partial charge on any atom is -0.294 e. The van der Waals surface area contributed by atoms with E-state index in [2.05, 4.69) is 5.92 Å². The van der Waals surface area contributed by atoms with Crippen molar-refractivity contribution in [1.82, 2.24) is 0 Å². The van der Waals surface area contributed by atoms with Crippen molar-refractivity contribution >= 4 is 5.78 Å². The fourth-order valence-corrected chi connectivity index (χ4v) is 0.916. The van der Waals surface area contributed by atoms with Crippen LogP contribution in [0, 0.1) is 12.3 Å². The lowest BCUT2D eigenvalue weighted by molar-refractivity contribution is 0.101. The minimum atomic E-state index is 0.0125. The quantitative estimate of drug-likeness (QED) is 0.472. The van der Waals surface area contributed by atoms with Gasteiger partial charge < -0.3 is 0 Å². The number of hydrogen-bond donors (Lipinski definition) is 0. The standard InChI is InChI=1S/C10H8O.C2H6/c1-3-9-6-4-5-7-10(9)8(2)11;1-2/h1,4-7H,2H3;1-2H3. The molecule has 0 aliphatic rings. The molecular weight excluding hydrogens is 160 g/mol. The molecule has 0 spiro atoms. The van der Waals surface area contributed by atoms with Gasteiger partial charge in [-0.05, 0) is 13.0 Å². The van der Waals surface area contributed by atoms with E-state index in [9.17, 15) is 4.79 Å². The van der Waals surface area contributed by atoms with Crippen LogP contribution in [0.25, 0.3) is 0 Å². The molecule has 0 atom stereocenters. The molecule has 68 valence electrons. The van der Waals surface area contributed by atoms with Crippen molar-refractivity contribution < 1.29 is 4.79 Å². The summed E-state index contributed by atoms with van der Waals surface area (Å²) in [6.07, 6.45) is 5.19. The zero-order valence-corrected chi connectivity index (χ0v) is 8.29. The molecule has 0 saturated carbocycles. The number of rotatable bonds is 1. The van der Waals surface area contributed by atoms with E-state index in [0.717, 1.165) is 0 Å². The van der Waals surface area contributed by atoms with Crippen molar-refractivity contribution in [2.45, 2.75) is 20.8 Å². The Morgan fingerprint density at radius 1 is 1.31 bits per heavy atom. The summed E-state index contributed by atoms with van der Waals surface area (Å²) in [6, 6.07) is 7.12. The van der Waals surface area contributed by atoms with E-state index >= 15 is 0 Å². The second kappa shape index (κ2) is 6.02. The molecule has 1 rings (SSSR count). The molecule has 1 heteroatoms. The highest BCUT2D eigenvalue weighted by Crippen LogP contribution is 2.06. The van der Waals surface area contributed by atoms with Crippen molar-refractivity contribution in [2.24, 2.45) is 0 Å². The zero-order chi connectivity index (χ0) is 10.3. The monoisotopic (exact) mass is 174 g/mol. The van der Waals surface area contributed by atoms with Crippen molar-refractivity contribution in [1.29, 1.82) is 0 Å². The van der Waals surface area contributed by atoms with Crippen LogP contribution in [0.15, 0.2) is 24.3 Å². The molecule has 0 aromatic heterocycles. The molecule has 0 aliphatic heterocycles. The van der Waals surface area contributed by atoms with Crippen LogP contribution in [0.4, 0.5) is 0 Å². The summed E-state index contributed by atoms with van der Waals surface area (Å²) in [5.41, 5.74) is 1.29. The molecule has 13 heavy (non-hydrogen) atoms. The van der Waals surface area contributed by atoms with Gasteiger partial charge in [-0.2, -0.15) is 0 Å². The maximum absolute atomic E-state index is 10.9. The van der Waals surface area contributed by atoms with Crippen LogP contribution in [0.1, 0.15) is 36.7 Å². The Balaban J connectivity index is 0.000000671. The van der Waals surface area contributed by atoms with E-state index in [1.165, 1.54) is 6.92 Å². The third-order valence-electron chi connectivity index (χ3n) is 1.46. The van der Waals surface area contributed by atoms with Crippen molar-refractivity contribution in [3.8, 4) is 12.3 Å². The molecule has 0 aliphatic carbocycles. The summed E-state index contributed by atoms with van der Waals surface area (Å²) in [4.78, 5) is 10.9. The number of terminal acetylenes is 1. The second-order valence-electron chi connectivity index (χ2n) is 2.25. The lowest BCUT2D eigenvalue weighted by atomic mass is 10.1. The second-order valence-corrected chi connectivity index (χ2v) is 2.25. The highest BCUT2D eigenvalue weighted by molar-refractivity contribution is 5.96. The van der Waals surface area contributed by atoms with Crippen LogP contribution in [0.3, 0.4) is 0 Å². The van der Waals surface area contributed by atoms with Crippen molar-refractivity contribution in [3.05, 3.63) is 35.4 Å². The van der Waals surface area contributed by atoms with Crippen LogP contribution >= 0.6 is 0 Å². The summed E-state index contributed by atoms with van der Waals surface area (Å²) in [5.74, 6) is 2.47. The molecule has 0 unspecified atom stereocenters. The normalized spacial score (nSPS) is 7.85. The summed E-state index contributed by atoms with van der Waals surface area (Å²) >= 11 is 0. The average Bonchev–Trinajstić information content (AvgIpc) is 2.20. The molecule has 1 aromatic rings. The number of benzene rings is 1. The van der Waals surface area contributed by atoms with Gasteiger partial charge in [-0.1, -0.05) is 38.0 Å². The van der Waals surface area contributed by atoms with E-state index < -0.39 is 0 Å². The van der Waals surface area contributed by atoms with E-state index in [0.29, 0.717) is 11.1 Å². The first-order chi connectivity index (χ1) is 6.25. The van der Waals surface area contributed by atoms with Gasteiger partial charge in [0, 0.05) is 11.1 Å². The van der Waals surface area contributed by atoms with Gasteiger partial charge in [0.05, 0.1) is 0 Å². The molecule has 0 saturated heterocycles. The summed E-state index contributed by atoms with van der Waals surface area (Å²) in [7, 11) is 0. The van der Waals surface area contributed by atoms with Gasteiger partial charge in [0.25, 0.3) is 0 Å². The highest BCUT2D eigenvalue weighted by Gasteiger charge is 2.01. The van der Waals surface area contributed by atoms with Gasteiger partial charge in [0.15, 0.2) is 5.78 Å². The van der Waals surface area contributed by atoms with Crippen LogP contribution in [-0.2, 0) is 0 Å². The Labute approximate surface area is 79.8 Å². The molecule has 1 nitrogen and oxygen atoms in total. The van der Waals surface area contributed by atoms with E-state index in [1.807, 2.05) is 19.9 Å². The lowest BCUT2D eigenvalue weighted by Crippen LogP contribution is -1.94. The first-order valence-corrected chi connectivity index (χ1v) is 4.32. The number of hydrogen-bond acceptors (Lipinski definition) is 1. The number of carbonyl (C=O) groups excluding carboxylic acids is 1.